The van der Waals surface area contributed by atoms with Crippen molar-refractivity contribution in [3.63, 3.8) is 0 Å². The van der Waals surface area contributed by atoms with Gasteiger partial charge in [-0.05, 0) is 18.6 Å². The highest BCUT2D eigenvalue weighted by molar-refractivity contribution is 6.05. The second-order valence-corrected chi connectivity index (χ2v) is 5.01. The second kappa shape index (κ2) is 6.76. The van der Waals surface area contributed by atoms with Gasteiger partial charge in [-0.15, -0.1) is 0 Å². The van der Waals surface area contributed by atoms with Crippen molar-refractivity contribution < 1.29 is 23.5 Å². The molecule has 0 spiro atoms. The summed E-state index contributed by atoms with van der Waals surface area (Å²) in [6, 6.07) is 1.85. The van der Waals surface area contributed by atoms with Crippen molar-refractivity contribution in [3.05, 3.63) is 29.1 Å². The summed E-state index contributed by atoms with van der Waals surface area (Å²) in [6.45, 7) is 4.10. The largest absolute Gasteiger partial charge is 0.493 e. The lowest BCUT2D eigenvalue weighted by molar-refractivity contribution is -0.136. The van der Waals surface area contributed by atoms with Crippen LogP contribution in [0.25, 0.3) is 0 Å². The number of piperidine rings is 1. The first-order chi connectivity index (χ1) is 11.0. The second-order valence-electron chi connectivity index (χ2n) is 5.01. The van der Waals surface area contributed by atoms with Gasteiger partial charge in [-0.25, -0.2) is 4.39 Å². The van der Waals surface area contributed by atoms with Crippen molar-refractivity contribution in [1.29, 1.82) is 0 Å². The molecule has 2 aliphatic rings. The number of hydrogen-bond acceptors (Lipinski definition) is 4. The molecule has 3 amide bonds. The van der Waals surface area contributed by atoms with Crippen LogP contribution in [0.5, 0.6) is 5.75 Å². The Kier molecular flexibility index (Phi) is 4.98. The summed E-state index contributed by atoms with van der Waals surface area (Å²) < 4.78 is 18.7. The topological polar surface area (TPSA) is 75.7 Å². The maximum absolute atomic E-state index is 13.7. The number of nitrogens with zero attached hydrogens (tertiary/aromatic N) is 1. The molecule has 3 rings (SSSR count). The normalized spacial score (nSPS) is 19.7. The number of carbonyl (C=O) groups is 3. The van der Waals surface area contributed by atoms with Gasteiger partial charge in [0.25, 0.3) is 5.91 Å². The van der Waals surface area contributed by atoms with Gasteiger partial charge in [-0.1, -0.05) is 13.8 Å². The first-order valence-corrected chi connectivity index (χ1v) is 7.53. The molecule has 1 aromatic rings. The Balaban J connectivity index is 0.000000924. The SMILES string of the molecule is CC.COc1c(F)ccc2c1CN(C1CCC(=O)NC1=O)C2=O. The molecule has 7 heteroatoms. The number of halogens is 1. The van der Waals surface area contributed by atoms with E-state index in [-0.39, 0.29) is 37.0 Å². The van der Waals surface area contributed by atoms with E-state index in [4.69, 9.17) is 4.74 Å². The van der Waals surface area contributed by atoms with Crippen LogP contribution in [0.2, 0.25) is 0 Å². The Morgan fingerprint density at radius 1 is 1.26 bits per heavy atom. The van der Waals surface area contributed by atoms with Crippen LogP contribution < -0.4 is 10.1 Å². The molecule has 1 atom stereocenters. The quantitative estimate of drug-likeness (QED) is 0.840. The van der Waals surface area contributed by atoms with E-state index in [1.165, 1.54) is 24.1 Å². The number of fused-ring (bicyclic) bond motifs is 1. The summed E-state index contributed by atoms with van der Waals surface area (Å²) >= 11 is 0. The summed E-state index contributed by atoms with van der Waals surface area (Å²) in [6.07, 6.45) is 0.456. The lowest BCUT2D eigenvalue weighted by Crippen LogP contribution is -2.52. The van der Waals surface area contributed by atoms with Crippen molar-refractivity contribution >= 4 is 17.7 Å². The van der Waals surface area contributed by atoms with Crippen molar-refractivity contribution in [3.8, 4) is 5.75 Å². The molecule has 1 aromatic carbocycles. The van der Waals surface area contributed by atoms with Crippen LogP contribution in [0, 0.1) is 5.82 Å². The van der Waals surface area contributed by atoms with E-state index in [2.05, 4.69) is 5.32 Å². The minimum atomic E-state index is -0.713. The van der Waals surface area contributed by atoms with Crippen LogP contribution in [0.4, 0.5) is 4.39 Å². The fourth-order valence-electron chi connectivity index (χ4n) is 2.81. The Hall–Kier alpha value is -2.44. The molecule has 2 heterocycles. The maximum Gasteiger partial charge on any atom is 0.255 e. The van der Waals surface area contributed by atoms with E-state index in [1.54, 1.807) is 0 Å². The fourth-order valence-corrected chi connectivity index (χ4v) is 2.81. The van der Waals surface area contributed by atoms with Gasteiger partial charge in [0.15, 0.2) is 11.6 Å². The van der Waals surface area contributed by atoms with Crippen LogP contribution in [0.15, 0.2) is 12.1 Å². The molecule has 0 saturated carbocycles. The van der Waals surface area contributed by atoms with E-state index >= 15 is 0 Å². The Morgan fingerprint density at radius 3 is 2.57 bits per heavy atom. The lowest BCUT2D eigenvalue weighted by Gasteiger charge is -2.29. The lowest BCUT2D eigenvalue weighted by atomic mass is 10.0. The number of benzene rings is 1. The summed E-state index contributed by atoms with van der Waals surface area (Å²) in [5.41, 5.74) is 0.769. The van der Waals surface area contributed by atoms with E-state index < -0.39 is 17.8 Å². The van der Waals surface area contributed by atoms with E-state index in [0.29, 0.717) is 11.1 Å². The number of rotatable bonds is 2. The van der Waals surface area contributed by atoms with Gasteiger partial charge in [-0.2, -0.15) is 0 Å². The predicted molar refractivity (Wildman–Crippen MR) is 80.3 cm³/mol. The van der Waals surface area contributed by atoms with E-state index in [9.17, 15) is 18.8 Å². The minimum Gasteiger partial charge on any atom is -0.493 e. The summed E-state index contributed by atoms with van der Waals surface area (Å²) in [5.74, 6) is -1.71. The Morgan fingerprint density at radius 2 is 1.96 bits per heavy atom. The zero-order chi connectivity index (χ0) is 17.1. The Bertz CT molecular complexity index is 660. The van der Waals surface area contributed by atoms with Crippen molar-refractivity contribution in [2.75, 3.05) is 7.11 Å². The van der Waals surface area contributed by atoms with Crippen LogP contribution in [0.3, 0.4) is 0 Å². The number of ether oxygens (including phenoxy) is 1. The fraction of sp³-hybridized carbons (Fsp3) is 0.438. The van der Waals surface area contributed by atoms with Crippen LogP contribution in [-0.4, -0.2) is 35.8 Å². The highest BCUT2D eigenvalue weighted by Gasteiger charge is 2.40. The first kappa shape index (κ1) is 16.9. The minimum absolute atomic E-state index is 0.0237. The number of nitrogens with one attached hydrogen (secondary N) is 1. The number of methoxy groups -OCH3 is 1. The molecule has 0 aromatic heterocycles. The highest BCUT2D eigenvalue weighted by Crippen LogP contribution is 2.35. The van der Waals surface area contributed by atoms with Gasteiger partial charge in [0.05, 0.1) is 13.7 Å². The molecule has 1 saturated heterocycles. The molecular weight excluding hydrogens is 303 g/mol. The first-order valence-electron chi connectivity index (χ1n) is 7.53. The Labute approximate surface area is 133 Å². The molecule has 23 heavy (non-hydrogen) atoms. The maximum atomic E-state index is 13.7. The average Bonchev–Trinajstić information content (AvgIpc) is 2.86. The zero-order valence-corrected chi connectivity index (χ0v) is 13.3. The van der Waals surface area contributed by atoms with Gasteiger partial charge < -0.3 is 9.64 Å². The number of hydrogen-bond donors (Lipinski definition) is 1. The number of carbonyl (C=O) groups excluding carboxylic acids is 3. The third kappa shape index (κ3) is 2.91. The van der Waals surface area contributed by atoms with Gasteiger partial charge in [0, 0.05) is 17.5 Å². The molecule has 0 aliphatic carbocycles. The van der Waals surface area contributed by atoms with Crippen molar-refractivity contribution in [1.82, 2.24) is 10.2 Å². The predicted octanol–water partition coefficient (Wildman–Crippen LogP) is 1.62. The zero-order valence-electron chi connectivity index (χ0n) is 13.3. The molecule has 0 radical (unpaired) electrons. The van der Waals surface area contributed by atoms with Crippen molar-refractivity contribution in [2.24, 2.45) is 0 Å². The van der Waals surface area contributed by atoms with Gasteiger partial charge in [0.1, 0.15) is 6.04 Å². The molecular formula is C16H19FN2O4. The molecule has 0 bridgehead atoms. The van der Waals surface area contributed by atoms with Gasteiger partial charge >= 0.3 is 0 Å². The molecule has 124 valence electrons. The van der Waals surface area contributed by atoms with Crippen molar-refractivity contribution in [2.45, 2.75) is 39.3 Å². The monoisotopic (exact) mass is 322 g/mol. The van der Waals surface area contributed by atoms with Gasteiger partial charge in [0.2, 0.25) is 11.8 Å². The smallest absolute Gasteiger partial charge is 0.255 e. The van der Waals surface area contributed by atoms with Crippen LogP contribution in [-0.2, 0) is 16.1 Å². The molecule has 6 nitrogen and oxygen atoms in total. The third-order valence-electron chi connectivity index (χ3n) is 3.82. The van der Waals surface area contributed by atoms with E-state index in [1.807, 2.05) is 13.8 Å². The van der Waals surface area contributed by atoms with E-state index in [0.717, 1.165) is 0 Å². The summed E-state index contributed by atoms with van der Waals surface area (Å²) in [5, 5.41) is 2.22. The third-order valence-corrected chi connectivity index (χ3v) is 3.82. The van der Waals surface area contributed by atoms with Crippen LogP contribution >= 0.6 is 0 Å². The molecule has 1 fully saturated rings. The van der Waals surface area contributed by atoms with Gasteiger partial charge in [-0.3, -0.25) is 19.7 Å². The highest BCUT2D eigenvalue weighted by atomic mass is 19.1. The summed E-state index contributed by atoms with van der Waals surface area (Å²) in [7, 11) is 1.33. The molecule has 2 aliphatic heterocycles. The number of imide groups is 1. The average molecular weight is 322 g/mol. The number of amides is 3. The van der Waals surface area contributed by atoms with Crippen LogP contribution in [0.1, 0.15) is 42.6 Å². The summed E-state index contributed by atoms with van der Waals surface area (Å²) in [4.78, 5) is 36.8. The molecule has 1 N–H and O–H groups in total. The molecule has 1 unspecified atom stereocenters. The standard InChI is InChI=1S/C14H13FN2O4.C2H6/c1-21-12-8-6-17(10-4-5-11(18)16-13(10)19)14(20)7(8)2-3-9(12)15;1-2/h2-3,10H,4-6H2,1H3,(H,16,18,19);1-2H3.